The third kappa shape index (κ3) is 1.61. The molecular formula is C9H11N3. The van der Waals surface area contributed by atoms with Crippen molar-refractivity contribution in [1.82, 2.24) is 4.98 Å². The second kappa shape index (κ2) is 2.93. The summed E-state index contributed by atoms with van der Waals surface area (Å²) < 4.78 is 0. The zero-order valence-corrected chi connectivity index (χ0v) is 6.77. The number of pyridine rings is 1. The van der Waals surface area contributed by atoms with Gasteiger partial charge in [-0.15, -0.1) is 0 Å². The zero-order valence-electron chi connectivity index (χ0n) is 6.77. The molecular weight excluding hydrogens is 150 g/mol. The van der Waals surface area contributed by atoms with Crippen LogP contribution in [0.15, 0.2) is 29.5 Å². The molecule has 0 saturated heterocycles. The molecule has 1 fully saturated rings. The summed E-state index contributed by atoms with van der Waals surface area (Å²) in [5.41, 5.74) is 6.58. The molecule has 1 aliphatic carbocycles. The molecule has 62 valence electrons. The summed E-state index contributed by atoms with van der Waals surface area (Å²) in [6.07, 6.45) is 5.83. The van der Waals surface area contributed by atoms with Crippen molar-refractivity contribution in [3.05, 3.63) is 24.5 Å². The molecule has 2 rings (SSSR count). The monoisotopic (exact) mass is 161 g/mol. The van der Waals surface area contributed by atoms with Gasteiger partial charge in [0.1, 0.15) is 5.84 Å². The molecule has 0 aromatic carbocycles. The third-order valence-electron chi connectivity index (χ3n) is 1.90. The molecule has 0 bridgehead atoms. The molecule has 1 aromatic rings. The molecule has 1 heterocycles. The van der Waals surface area contributed by atoms with Gasteiger partial charge in [-0.2, -0.15) is 0 Å². The topological polar surface area (TPSA) is 51.3 Å². The van der Waals surface area contributed by atoms with Crippen molar-refractivity contribution >= 4 is 11.5 Å². The third-order valence-corrected chi connectivity index (χ3v) is 1.90. The van der Waals surface area contributed by atoms with Gasteiger partial charge in [-0.3, -0.25) is 4.98 Å². The first-order valence-corrected chi connectivity index (χ1v) is 4.10. The van der Waals surface area contributed by atoms with Crippen LogP contribution in [0.2, 0.25) is 0 Å². The number of hydrogen-bond donors (Lipinski definition) is 1. The van der Waals surface area contributed by atoms with Gasteiger partial charge < -0.3 is 5.73 Å². The van der Waals surface area contributed by atoms with Crippen molar-refractivity contribution in [3.8, 4) is 0 Å². The number of nitrogens with zero attached hydrogens (tertiary/aromatic N) is 2. The van der Waals surface area contributed by atoms with Gasteiger partial charge in [0.05, 0.1) is 11.9 Å². The van der Waals surface area contributed by atoms with Gasteiger partial charge in [-0.25, -0.2) is 4.99 Å². The highest BCUT2D eigenvalue weighted by molar-refractivity contribution is 5.87. The second-order valence-electron chi connectivity index (χ2n) is 3.02. The van der Waals surface area contributed by atoms with Crippen LogP contribution in [0.1, 0.15) is 12.8 Å². The van der Waals surface area contributed by atoms with E-state index >= 15 is 0 Å². The molecule has 1 aliphatic rings. The number of rotatable bonds is 2. The maximum Gasteiger partial charge on any atom is 0.103 e. The van der Waals surface area contributed by atoms with E-state index in [1.54, 1.807) is 12.4 Å². The predicted octanol–water partition coefficient (Wildman–Crippen LogP) is 1.48. The van der Waals surface area contributed by atoms with E-state index in [-0.39, 0.29) is 0 Å². The van der Waals surface area contributed by atoms with Crippen molar-refractivity contribution in [1.29, 1.82) is 0 Å². The van der Waals surface area contributed by atoms with Crippen LogP contribution in [0.4, 0.5) is 5.69 Å². The number of nitrogens with two attached hydrogens (primary N) is 1. The molecule has 1 aromatic heterocycles. The first-order valence-electron chi connectivity index (χ1n) is 4.10. The van der Waals surface area contributed by atoms with Gasteiger partial charge in [0.15, 0.2) is 0 Å². The lowest BCUT2D eigenvalue weighted by Gasteiger charge is -1.95. The summed E-state index contributed by atoms with van der Waals surface area (Å²) in [5.74, 6) is 1.29. The van der Waals surface area contributed by atoms with Crippen LogP contribution in [0.5, 0.6) is 0 Å². The fourth-order valence-corrected chi connectivity index (χ4v) is 1.04. The summed E-state index contributed by atoms with van der Waals surface area (Å²) in [4.78, 5) is 8.21. The quantitative estimate of drug-likeness (QED) is 0.527. The lowest BCUT2D eigenvalue weighted by molar-refractivity contribution is 1.15. The first kappa shape index (κ1) is 7.28. The number of aliphatic imine (C=N–C) groups is 1. The molecule has 1 saturated carbocycles. The van der Waals surface area contributed by atoms with E-state index in [9.17, 15) is 0 Å². The van der Waals surface area contributed by atoms with Crippen LogP contribution in [-0.4, -0.2) is 10.8 Å². The second-order valence-corrected chi connectivity index (χ2v) is 3.02. The molecule has 2 N–H and O–H groups in total. The molecule has 3 nitrogen and oxygen atoms in total. The van der Waals surface area contributed by atoms with Crippen LogP contribution in [0.25, 0.3) is 0 Å². The summed E-state index contributed by atoms with van der Waals surface area (Å²) in [7, 11) is 0. The van der Waals surface area contributed by atoms with Gasteiger partial charge in [-0.1, -0.05) is 0 Å². The number of amidine groups is 1. The maximum absolute atomic E-state index is 5.73. The molecule has 0 amide bonds. The minimum absolute atomic E-state index is 0.533. The average molecular weight is 161 g/mol. The van der Waals surface area contributed by atoms with Crippen LogP contribution >= 0.6 is 0 Å². The lowest BCUT2D eigenvalue weighted by atomic mass is 10.4. The molecule has 0 atom stereocenters. The standard InChI is InChI=1S/C9H11N3/c10-9(7-3-4-7)12-8-2-1-5-11-6-8/h1-2,5-7H,3-4H2,(H2,10,12). The molecule has 12 heavy (non-hydrogen) atoms. The van der Waals surface area contributed by atoms with Gasteiger partial charge in [0.2, 0.25) is 0 Å². The minimum atomic E-state index is 0.533. The van der Waals surface area contributed by atoms with Crippen LogP contribution < -0.4 is 5.73 Å². The smallest absolute Gasteiger partial charge is 0.103 e. The van der Waals surface area contributed by atoms with Gasteiger partial charge in [0, 0.05) is 12.1 Å². The van der Waals surface area contributed by atoms with E-state index in [0.29, 0.717) is 5.92 Å². The molecule has 0 aliphatic heterocycles. The van der Waals surface area contributed by atoms with E-state index in [1.165, 1.54) is 12.8 Å². The van der Waals surface area contributed by atoms with E-state index in [2.05, 4.69) is 9.98 Å². The average Bonchev–Trinajstić information content (AvgIpc) is 2.88. The Labute approximate surface area is 71.3 Å². The summed E-state index contributed by atoms with van der Waals surface area (Å²) in [6.45, 7) is 0. The number of aromatic nitrogens is 1. The minimum Gasteiger partial charge on any atom is -0.387 e. The van der Waals surface area contributed by atoms with E-state index in [1.807, 2.05) is 12.1 Å². The van der Waals surface area contributed by atoms with Crippen LogP contribution in [-0.2, 0) is 0 Å². The zero-order chi connectivity index (χ0) is 8.39. The normalized spacial score (nSPS) is 17.8. The Hall–Kier alpha value is -1.38. The largest absolute Gasteiger partial charge is 0.387 e. The van der Waals surface area contributed by atoms with Gasteiger partial charge in [-0.05, 0) is 25.0 Å². The highest BCUT2D eigenvalue weighted by Gasteiger charge is 2.25. The summed E-state index contributed by atoms with van der Waals surface area (Å²) in [6, 6.07) is 3.77. The predicted molar refractivity (Wildman–Crippen MR) is 48.2 cm³/mol. The highest BCUT2D eigenvalue weighted by atomic mass is 14.9. The Morgan fingerprint density at radius 1 is 1.58 bits per heavy atom. The lowest BCUT2D eigenvalue weighted by Crippen LogP contribution is -2.12. The van der Waals surface area contributed by atoms with Crippen molar-refractivity contribution in [3.63, 3.8) is 0 Å². The van der Waals surface area contributed by atoms with Crippen LogP contribution in [0.3, 0.4) is 0 Å². The van der Waals surface area contributed by atoms with E-state index in [4.69, 9.17) is 5.73 Å². The van der Waals surface area contributed by atoms with Crippen molar-refractivity contribution in [2.24, 2.45) is 16.6 Å². The Morgan fingerprint density at radius 3 is 3.00 bits per heavy atom. The summed E-state index contributed by atoms with van der Waals surface area (Å²) in [5, 5.41) is 0. The Kier molecular flexibility index (Phi) is 1.78. The van der Waals surface area contributed by atoms with Crippen molar-refractivity contribution in [2.75, 3.05) is 0 Å². The Balaban J connectivity index is 2.15. The first-order chi connectivity index (χ1) is 5.86. The highest BCUT2D eigenvalue weighted by Crippen LogP contribution is 2.29. The van der Waals surface area contributed by atoms with E-state index < -0.39 is 0 Å². The van der Waals surface area contributed by atoms with Crippen LogP contribution in [0, 0.1) is 5.92 Å². The Morgan fingerprint density at radius 2 is 2.42 bits per heavy atom. The van der Waals surface area contributed by atoms with Gasteiger partial charge >= 0.3 is 0 Å². The molecule has 0 spiro atoms. The Bertz CT molecular complexity index is 288. The van der Waals surface area contributed by atoms with Crippen molar-refractivity contribution < 1.29 is 0 Å². The fraction of sp³-hybridized carbons (Fsp3) is 0.333. The molecule has 0 radical (unpaired) electrons. The number of hydrogen-bond acceptors (Lipinski definition) is 2. The molecule has 0 unspecified atom stereocenters. The fourth-order valence-electron chi connectivity index (χ4n) is 1.04. The summed E-state index contributed by atoms with van der Waals surface area (Å²) >= 11 is 0. The molecule has 3 heteroatoms. The van der Waals surface area contributed by atoms with Gasteiger partial charge in [0.25, 0.3) is 0 Å². The van der Waals surface area contributed by atoms with E-state index in [0.717, 1.165) is 11.5 Å². The van der Waals surface area contributed by atoms with Crippen molar-refractivity contribution in [2.45, 2.75) is 12.8 Å². The SMILES string of the molecule is NC(=Nc1cccnc1)C1CC1. The maximum atomic E-state index is 5.73.